The molecule has 11 heteroatoms. The second kappa shape index (κ2) is 11.9. The standard InChI is InChI=1S/C31H28F3N5O3/c1-2-18-38-24-19-39(27(20-10-4-3-5-11-20)28(40)36-17-15-21-12-8-9-16-35-21)29(41)25(24)26(37-30(38)42)22-13-6-7-14-23(22)31(32,33)34/h2-14,16,26-27H,1,15,17-19H2,(H,36,40)(H,37,42)/t26-,27-/m0/s1. The molecule has 0 radical (unpaired) electrons. The summed E-state index contributed by atoms with van der Waals surface area (Å²) in [6, 6.07) is 15.8. The van der Waals surface area contributed by atoms with Gasteiger partial charge in [-0.2, -0.15) is 13.2 Å². The molecule has 2 N–H and O–H groups in total. The molecule has 3 heterocycles. The molecule has 2 aliphatic heterocycles. The lowest BCUT2D eigenvalue weighted by molar-refractivity contribution is -0.138. The van der Waals surface area contributed by atoms with Crippen LogP contribution in [-0.2, 0) is 22.2 Å². The molecule has 1 aromatic heterocycles. The predicted octanol–water partition coefficient (Wildman–Crippen LogP) is 4.55. The Balaban J connectivity index is 1.51. The second-order valence-electron chi connectivity index (χ2n) is 9.84. The third-order valence-corrected chi connectivity index (χ3v) is 7.22. The first kappa shape index (κ1) is 28.6. The van der Waals surface area contributed by atoms with Gasteiger partial charge in [-0.1, -0.05) is 60.7 Å². The van der Waals surface area contributed by atoms with Gasteiger partial charge in [-0.25, -0.2) is 4.79 Å². The van der Waals surface area contributed by atoms with Crippen LogP contribution in [0.5, 0.6) is 0 Å². The largest absolute Gasteiger partial charge is 0.416 e. The molecule has 2 aliphatic rings. The summed E-state index contributed by atoms with van der Waals surface area (Å²) in [6.07, 6.45) is -1.15. The van der Waals surface area contributed by atoms with E-state index in [0.717, 1.165) is 11.8 Å². The van der Waals surface area contributed by atoms with Gasteiger partial charge in [0.1, 0.15) is 6.04 Å². The maximum Gasteiger partial charge on any atom is 0.416 e. The molecule has 0 fully saturated rings. The highest BCUT2D eigenvalue weighted by Crippen LogP contribution is 2.43. The van der Waals surface area contributed by atoms with Gasteiger partial charge in [-0.3, -0.25) is 19.5 Å². The van der Waals surface area contributed by atoms with Crippen molar-refractivity contribution in [3.8, 4) is 0 Å². The van der Waals surface area contributed by atoms with Crippen LogP contribution < -0.4 is 10.6 Å². The SMILES string of the molecule is C=CCN1C(=O)N[C@@H](c2ccccc2C(F)(F)F)C2=C1CN([C@H](C(=O)NCCc1ccccn1)c1ccccc1)C2=O. The summed E-state index contributed by atoms with van der Waals surface area (Å²) >= 11 is 0. The number of nitrogens with one attached hydrogen (secondary N) is 2. The molecule has 3 aromatic rings. The molecule has 0 saturated carbocycles. The molecule has 216 valence electrons. The molecular formula is C31H28F3N5O3. The van der Waals surface area contributed by atoms with Crippen molar-refractivity contribution in [3.63, 3.8) is 0 Å². The highest BCUT2D eigenvalue weighted by atomic mass is 19.4. The minimum Gasteiger partial charge on any atom is -0.354 e. The average Bonchev–Trinajstić information content (AvgIpc) is 3.31. The number of carbonyl (C=O) groups excluding carboxylic acids is 3. The summed E-state index contributed by atoms with van der Waals surface area (Å²) in [5.41, 5.74) is 0.290. The van der Waals surface area contributed by atoms with Crippen molar-refractivity contribution in [1.82, 2.24) is 25.4 Å². The quantitative estimate of drug-likeness (QED) is 0.366. The van der Waals surface area contributed by atoms with Gasteiger partial charge in [-0.05, 0) is 29.3 Å². The highest BCUT2D eigenvalue weighted by Gasteiger charge is 2.49. The fourth-order valence-corrected chi connectivity index (χ4v) is 5.35. The fourth-order valence-electron chi connectivity index (χ4n) is 5.35. The number of hydrogen-bond donors (Lipinski definition) is 2. The lowest BCUT2D eigenvalue weighted by Crippen LogP contribution is -2.47. The molecule has 42 heavy (non-hydrogen) atoms. The zero-order valence-electron chi connectivity index (χ0n) is 22.5. The van der Waals surface area contributed by atoms with Crippen LogP contribution in [0.25, 0.3) is 0 Å². The van der Waals surface area contributed by atoms with Gasteiger partial charge in [-0.15, -0.1) is 6.58 Å². The van der Waals surface area contributed by atoms with Crippen molar-refractivity contribution in [3.05, 3.63) is 125 Å². The van der Waals surface area contributed by atoms with E-state index < -0.39 is 41.7 Å². The number of urea groups is 1. The van der Waals surface area contributed by atoms with Crippen molar-refractivity contribution >= 4 is 17.8 Å². The molecule has 0 saturated heterocycles. The van der Waals surface area contributed by atoms with Crippen LogP contribution in [0.1, 0.15) is 34.5 Å². The lowest BCUT2D eigenvalue weighted by atomic mass is 9.91. The number of benzene rings is 2. The number of nitrogens with zero attached hydrogens (tertiary/aromatic N) is 3. The van der Waals surface area contributed by atoms with E-state index >= 15 is 0 Å². The van der Waals surface area contributed by atoms with E-state index in [4.69, 9.17) is 0 Å². The average molecular weight is 576 g/mol. The molecule has 2 atom stereocenters. The Hall–Kier alpha value is -4.93. The van der Waals surface area contributed by atoms with Crippen molar-refractivity contribution in [2.45, 2.75) is 24.7 Å². The Morgan fingerprint density at radius 1 is 1.07 bits per heavy atom. The maximum atomic E-state index is 14.1. The van der Waals surface area contributed by atoms with Gasteiger partial charge < -0.3 is 15.5 Å². The van der Waals surface area contributed by atoms with E-state index in [2.05, 4.69) is 22.2 Å². The van der Waals surface area contributed by atoms with Crippen LogP contribution in [0, 0.1) is 0 Å². The van der Waals surface area contributed by atoms with Crippen LogP contribution >= 0.6 is 0 Å². The van der Waals surface area contributed by atoms with Crippen LogP contribution in [0.3, 0.4) is 0 Å². The first-order valence-electron chi connectivity index (χ1n) is 13.3. The van der Waals surface area contributed by atoms with Crippen molar-refractivity contribution in [1.29, 1.82) is 0 Å². The molecule has 5 rings (SSSR count). The van der Waals surface area contributed by atoms with Crippen LogP contribution in [-0.4, -0.2) is 52.3 Å². The minimum absolute atomic E-state index is 0.0182. The first-order valence-corrected chi connectivity index (χ1v) is 13.3. The Labute approximate surface area is 240 Å². The van der Waals surface area contributed by atoms with Gasteiger partial charge in [0.15, 0.2) is 0 Å². The van der Waals surface area contributed by atoms with Crippen LogP contribution in [0.15, 0.2) is 103 Å². The van der Waals surface area contributed by atoms with E-state index in [9.17, 15) is 27.6 Å². The van der Waals surface area contributed by atoms with Crippen LogP contribution in [0.4, 0.5) is 18.0 Å². The number of halogens is 3. The summed E-state index contributed by atoms with van der Waals surface area (Å²) in [6.45, 7) is 3.78. The van der Waals surface area contributed by atoms with E-state index in [0.29, 0.717) is 12.0 Å². The third kappa shape index (κ3) is 5.63. The Kier molecular flexibility index (Phi) is 8.10. The number of aromatic nitrogens is 1. The van der Waals surface area contributed by atoms with Crippen molar-refractivity contribution in [2.24, 2.45) is 0 Å². The van der Waals surface area contributed by atoms with E-state index in [1.807, 2.05) is 12.1 Å². The van der Waals surface area contributed by atoms with Gasteiger partial charge in [0.05, 0.1) is 29.4 Å². The number of carbonyl (C=O) groups is 3. The summed E-state index contributed by atoms with van der Waals surface area (Å²) in [7, 11) is 0. The topological polar surface area (TPSA) is 94.6 Å². The maximum absolute atomic E-state index is 14.1. The Morgan fingerprint density at radius 3 is 2.48 bits per heavy atom. The molecule has 4 amide bonds. The Morgan fingerprint density at radius 2 is 1.79 bits per heavy atom. The second-order valence-corrected chi connectivity index (χ2v) is 9.84. The van der Waals surface area contributed by atoms with E-state index in [1.165, 1.54) is 34.1 Å². The fraction of sp³-hybridized carbons (Fsp3) is 0.226. The minimum atomic E-state index is -4.72. The molecular weight excluding hydrogens is 547 g/mol. The number of hydrogen-bond acceptors (Lipinski definition) is 4. The van der Waals surface area contributed by atoms with E-state index in [1.54, 1.807) is 42.6 Å². The molecule has 0 bridgehead atoms. The number of alkyl halides is 3. The van der Waals surface area contributed by atoms with Crippen molar-refractivity contribution in [2.75, 3.05) is 19.6 Å². The van der Waals surface area contributed by atoms with Crippen molar-refractivity contribution < 1.29 is 27.6 Å². The molecule has 8 nitrogen and oxygen atoms in total. The zero-order chi connectivity index (χ0) is 29.9. The monoisotopic (exact) mass is 575 g/mol. The Bertz CT molecular complexity index is 1530. The number of pyridine rings is 1. The summed E-state index contributed by atoms with van der Waals surface area (Å²) in [5.74, 6) is -1.11. The van der Waals surface area contributed by atoms with Gasteiger partial charge in [0, 0.05) is 31.4 Å². The van der Waals surface area contributed by atoms with Gasteiger partial charge >= 0.3 is 12.2 Å². The normalized spacial score (nSPS) is 17.5. The molecule has 0 aliphatic carbocycles. The third-order valence-electron chi connectivity index (χ3n) is 7.22. The molecule has 2 aromatic carbocycles. The van der Waals surface area contributed by atoms with Gasteiger partial charge in [0.2, 0.25) is 5.91 Å². The number of amides is 4. The summed E-state index contributed by atoms with van der Waals surface area (Å²) in [5, 5.41) is 5.46. The first-order chi connectivity index (χ1) is 20.2. The molecule has 0 unspecified atom stereocenters. The summed E-state index contributed by atoms with van der Waals surface area (Å²) < 4.78 is 42.0. The van der Waals surface area contributed by atoms with Gasteiger partial charge in [0.25, 0.3) is 5.91 Å². The van der Waals surface area contributed by atoms with E-state index in [-0.39, 0.29) is 36.5 Å². The zero-order valence-corrected chi connectivity index (χ0v) is 22.5. The smallest absolute Gasteiger partial charge is 0.354 e. The number of rotatable bonds is 9. The highest BCUT2D eigenvalue weighted by molar-refractivity contribution is 6.04. The summed E-state index contributed by atoms with van der Waals surface area (Å²) in [4.78, 5) is 47.8. The molecule has 0 spiro atoms. The predicted molar refractivity (Wildman–Crippen MR) is 148 cm³/mol. The lowest BCUT2D eigenvalue weighted by Gasteiger charge is -2.33. The van der Waals surface area contributed by atoms with Crippen LogP contribution in [0.2, 0.25) is 0 Å².